The summed E-state index contributed by atoms with van der Waals surface area (Å²) < 4.78 is 0. The summed E-state index contributed by atoms with van der Waals surface area (Å²) in [5.74, 6) is -2.22. The van der Waals surface area contributed by atoms with Crippen molar-refractivity contribution in [1.82, 2.24) is 15.1 Å². The molecule has 0 bridgehead atoms. The molecule has 1 aromatic rings. The Bertz CT molecular complexity index is 740. The normalized spacial score (nSPS) is 15.9. The van der Waals surface area contributed by atoms with Crippen LogP contribution in [0.2, 0.25) is 0 Å². The number of imide groups is 2. The first-order valence-electron chi connectivity index (χ1n) is 9.24. The average molecular weight is 373 g/mol. The number of carbonyl (C=O) groups excluding carboxylic acids is 4. The molecule has 146 valence electrons. The fraction of sp³-hybridized carbons (Fsp3) is 0.500. The smallest absolute Gasteiger partial charge is 0.334 e. The van der Waals surface area contributed by atoms with Gasteiger partial charge >= 0.3 is 17.8 Å². The maximum absolute atomic E-state index is 12.5. The summed E-state index contributed by atoms with van der Waals surface area (Å²) >= 11 is 0. The summed E-state index contributed by atoms with van der Waals surface area (Å²) in [5, 5.41) is 2.88. The van der Waals surface area contributed by atoms with Crippen molar-refractivity contribution in [3.63, 3.8) is 0 Å². The van der Waals surface area contributed by atoms with Gasteiger partial charge in [0, 0.05) is 6.04 Å². The van der Waals surface area contributed by atoms with Crippen molar-refractivity contribution in [3.8, 4) is 0 Å². The molecule has 1 aliphatic rings. The van der Waals surface area contributed by atoms with E-state index < -0.39 is 36.3 Å². The summed E-state index contributed by atoms with van der Waals surface area (Å²) in [6.07, 6.45) is 0.929. The Kier molecular flexibility index (Phi) is 6.36. The second-order valence-electron chi connectivity index (χ2n) is 7.33. The Hall–Kier alpha value is -2.70. The zero-order valence-electron chi connectivity index (χ0n) is 16.5. The zero-order valence-corrected chi connectivity index (χ0v) is 16.5. The molecule has 2 rings (SSSR count). The molecule has 27 heavy (non-hydrogen) atoms. The van der Waals surface area contributed by atoms with E-state index in [0.29, 0.717) is 4.90 Å². The van der Waals surface area contributed by atoms with E-state index in [-0.39, 0.29) is 12.0 Å². The summed E-state index contributed by atoms with van der Waals surface area (Å²) in [6, 6.07) is 6.53. The highest BCUT2D eigenvalue weighted by atomic mass is 16.2. The molecule has 1 atom stereocenters. The summed E-state index contributed by atoms with van der Waals surface area (Å²) in [5.41, 5.74) is 2.16. The van der Waals surface area contributed by atoms with Crippen molar-refractivity contribution in [3.05, 3.63) is 35.4 Å². The molecule has 1 fully saturated rings. The van der Waals surface area contributed by atoms with E-state index in [0.717, 1.165) is 16.9 Å². The van der Waals surface area contributed by atoms with Crippen LogP contribution in [0.1, 0.15) is 51.8 Å². The minimum absolute atomic E-state index is 0.111. The molecule has 0 spiro atoms. The van der Waals surface area contributed by atoms with Crippen molar-refractivity contribution in [1.29, 1.82) is 0 Å². The van der Waals surface area contributed by atoms with Gasteiger partial charge in [-0.2, -0.15) is 0 Å². The highest BCUT2D eigenvalue weighted by molar-refractivity contribution is 6.45. The number of urea groups is 1. The van der Waals surface area contributed by atoms with Crippen molar-refractivity contribution >= 4 is 23.8 Å². The molecule has 5 amide bonds. The molecule has 1 aliphatic heterocycles. The Labute approximate surface area is 159 Å². The molecular weight excluding hydrogens is 346 g/mol. The summed E-state index contributed by atoms with van der Waals surface area (Å²) in [4.78, 5) is 50.4. The fourth-order valence-corrected chi connectivity index (χ4v) is 3.08. The first-order chi connectivity index (χ1) is 12.7. The van der Waals surface area contributed by atoms with Crippen molar-refractivity contribution < 1.29 is 19.2 Å². The summed E-state index contributed by atoms with van der Waals surface area (Å²) in [7, 11) is 0. The van der Waals surface area contributed by atoms with Gasteiger partial charge in [0.2, 0.25) is 5.91 Å². The van der Waals surface area contributed by atoms with Crippen LogP contribution in [-0.4, -0.2) is 46.1 Å². The van der Waals surface area contributed by atoms with E-state index in [1.54, 1.807) is 13.8 Å². The SMILES string of the molecule is CCc1ccc([C@H](NC(=O)CN2C(=O)C(=O)N(C(C)C)C2=O)C(C)C)cc1. The van der Waals surface area contributed by atoms with Crippen molar-refractivity contribution in [2.24, 2.45) is 5.92 Å². The minimum Gasteiger partial charge on any atom is -0.347 e. The third-order valence-electron chi connectivity index (χ3n) is 4.63. The Morgan fingerprint density at radius 1 is 1.00 bits per heavy atom. The molecule has 0 radical (unpaired) electrons. The number of amides is 5. The molecule has 1 heterocycles. The molecule has 7 nitrogen and oxygen atoms in total. The van der Waals surface area contributed by atoms with Crippen molar-refractivity contribution in [2.75, 3.05) is 6.54 Å². The van der Waals surface area contributed by atoms with Gasteiger partial charge in [0.15, 0.2) is 0 Å². The third-order valence-corrected chi connectivity index (χ3v) is 4.63. The molecule has 7 heteroatoms. The van der Waals surface area contributed by atoms with Gasteiger partial charge < -0.3 is 5.32 Å². The van der Waals surface area contributed by atoms with Crippen LogP contribution in [0.5, 0.6) is 0 Å². The average Bonchev–Trinajstić information content (AvgIpc) is 2.83. The first kappa shape index (κ1) is 20.6. The fourth-order valence-electron chi connectivity index (χ4n) is 3.08. The molecule has 0 aliphatic carbocycles. The van der Waals surface area contributed by atoms with Gasteiger partial charge in [0.05, 0.1) is 6.04 Å². The van der Waals surface area contributed by atoms with Gasteiger partial charge in [-0.1, -0.05) is 45.0 Å². The minimum atomic E-state index is -0.961. The van der Waals surface area contributed by atoms with Crippen LogP contribution < -0.4 is 5.32 Å². The van der Waals surface area contributed by atoms with Crippen molar-refractivity contribution in [2.45, 2.75) is 53.1 Å². The van der Waals surface area contributed by atoms with Gasteiger partial charge in [-0.25, -0.2) is 9.69 Å². The Morgan fingerprint density at radius 3 is 2.04 bits per heavy atom. The van der Waals surface area contributed by atoms with E-state index >= 15 is 0 Å². The molecule has 1 saturated heterocycles. The predicted octanol–water partition coefficient (Wildman–Crippen LogP) is 2.26. The number of carbonyl (C=O) groups is 4. The number of nitrogens with zero attached hydrogens (tertiary/aromatic N) is 2. The van der Waals surface area contributed by atoms with Crippen LogP contribution in [0, 0.1) is 5.92 Å². The Morgan fingerprint density at radius 2 is 1.59 bits per heavy atom. The largest absolute Gasteiger partial charge is 0.347 e. The highest BCUT2D eigenvalue weighted by Gasteiger charge is 2.46. The van der Waals surface area contributed by atoms with Gasteiger partial charge in [-0.05, 0) is 37.3 Å². The number of rotatable bonds is 7. The van der Waals surface area contributed by atoms with Crippen LogP contribution in [-0.2, 0) is 20.8 Å². The lowest BCUT2D eigenvalue weighted by molar-refractivity contribution is -0.144. The third kappa shape index (κ3) is 4.35. The molecule has 0 aromatic heterocycles. The van der Waals surface area contributed by atoms with E-state index in [9.17, 15) is 19.2 Å². The second-order valence-corrected chi connectivity index (χ2v) is 7.33. The monoisotopic (exact) mass is 373 g/mol. The number of benzene rings is 1. The molecular formula is C20H27N3O4. The van der Waals surface area contributed by atoms with E-state index in [1.165, 1.54) is 5.56 Å². The van der Waals surface area contributed by atoms with E-state index in [1.807, 2.05) is 38.1 Å². The van der Waals surface area contributed by atoms with Crippen LogP contribution in [0.15, 0.2) is 24.3 Å². The standard InChI is InChI=1S/C20H27N3O4/c1-6-14-7-9-15(10-8-14)17(12(2)3)21-16(24)11-22-18(25)19(26)23(13(4)5)20(22)27/h7-10,12-13,17H,6,11H2,1-5H3,(H,21,24)/t17-/m1/s1. The number of nitrogens with one attached hydrogen (secondary N) is 1. The van der Waals surface area contributed by atoms with Crippen LogP contribution >= 0.6 is 0 Å². The predicted molar refractivity (Wildman–Crippen MR) is 101 cm³/mol. The highest BCUT2D eigenvalue weighted by Crippen LogP contribution is 2.23. The lowest BCUT2D eigenvalue weighted by Gasteiger charge is -2.24. The maximum Gasteiger partial charge on any atom is 0.334 e. The molecule has 0 saturated carbocycles. The lowest BCUT2D eigenvalue weighted by atomic mass is 9.95. The first-order valence-corrected chi connectivity index (χ1v) is 9.24. The number of hydrogen-bond acceptors (Lipinski definition) is 4. The van der Waals surface area contributed by atoms with Gasteiger partial charge in [-0.3, -0.25) is 19.3 Å². The van der Waals surface area contributed by atoms with Crippen LogP contribution in [0.3, 0.4) is 0 Å². The van der Waals surface area contributed by atoms with E-state index in [2.05, 4.69) is 12.2 Å². The molecule has 1 aromatic carbocycles. The second kappa shape index (κ2) is 8.33. The molecule has 1 N–H and O–H groups in total. The van der Waals surface area contributed by atoms with Crippen LogP contribution in [0.25, 0.3) is 0 Å². The Balaban J connectivity index is 2.11. The number of aryl methyl sites for hydroxylation is 1. The molecule has 0 unspecified atom stereocenters. The lowest BCUT2D eigenvalue weighted by Crippen LogP contribution is -2.44. The topological polar surface area (TPSA) is 86.8 Å². The summed E-state index contributed by atoms with van der Waals surface area (Å²) in [6.45, 7) is 8.85. The maximum atomic E-state index is 12.5. The number of hydrogen-bond donors (Lipinski definition) is 1. The quantitative estimate of drug-likeness (QED) is 0.587. The van der Waals surface area contributed by atoms with Crippen LogP contribution in [0.4, 0.5) is 4.79 Å². The van der Waals surface area contributed by atoms with E-state index in [4.69, 9.17) is 0 Å². The van der Waals surface area contributed by atoms with Gasteiger partial charge in [0.1, 0.15) is 6.54 Å². The zero-order chi connectivity index (χ0) is 20.3. The van der Waals surface area contributed by atoms with Gasteiger partial charge in [-0.15, -0.1) is 0 Å². The van der Waals surface area contributed by atoms with Gasteiger partial charge in [0.25, 0.3) is 0 Å².